The number of anilines is 2. The Hall–Kier alpha value is -5.60. The summed E-state index contributed by atoms with van der Waals surface area (Å²) in [6, 6.07) is 52.4. The summed E-state index contributed by atoms with van der Waals surface area (Å²) in [5, 5.41) is 7.58. The van der Waals surface area contributed by atoms with Gasteiger partial charge in [-0.1, -0.05) is 127 Å². The summed E-state index contributed by atoms with van der Waals surface area (Å²) in [7, 11) is 0. The molecule has 2 aliphatic rings. The van der Waals surface area contributed by atoms with Crippen LogP contribution in [0.4, 0.5) is 11.4 Å². The van der Waals surface area contributed by atoms with Gasteiger partial charge in [0.2, 0.25) is 0 Å². The van der Waals surface area contributed by atoms with E-state index in [1.165, 1.54) is 49.0 Å². The summed E-state index contributed by atoms with van der Waals surface area (Å²) in [5.74, 6) is 2.25. The molecule has 0 fully saturated rings. The lowest BCUT2D eigenvalue weighted by molar-refractivity contribution is 0.424. The number of rotatable bonds is 4. The molecule has 0 amide bonds. The SMILES string of the molecule is C1=C2Oc3ccccc3C2CC=C1N(c1ccc2ccc3c4ccccc4ccc3c2c1)c1ccccc1-c1ccccc1. The fourth-order valence-electron chi connectivity index (χ4n) is 7.09. The van der Waals surface area contributed by atoms with Crippen molar-refractivity contribution < 1.29 is 4.74 Å². The predicted molar refractivity (Wildman–Crippen MR) is 184 cm³/mol. The van der Waals surface area contributed by atoms with Crippen LogP contribution in [0.25, 0.3) is 43.4 Å². The second kappa shape index (κ2) is 10.00. The summed E-state index contributed by atoms with van der Waals surface area (Å²) in [5.41, 5.74) is 7.04. The highest BCUT2D eigenvalue weighted by atomic mass is 16.5. The van der Waals surface area contributed by atoms with Gasteiger partial charge in [-0.25, -0.2) is 0 Å². The third kappa shape index (κ3) is 3.95. The maximum absolute atomic E-state index is 6.44. The number of allylic oxidation sites excluding steroid dienone is 3. The zero-order valence-electron chi connectivity index (χ0n) is 24.2. The number of hydrogen-bond acceptors (Lipinski definition) is 2. The number of nitrogens with zero attached hydrogens (tertiary/aromatic N) is 1. The first-order chi connectivity index (χ1) is 21.8. The van der Waals surface area contributed by atoms with Gasteiger partial charge in [-0.15, -0.1) is 0 Å². The molecule has 44 heavy (non-hydrogen) atoms. The molecule has 0 bridgehead atoms. The molecule has 1 unspecified atom stereocenters. The lowest BCUT2D eigenvalue weighted by Crippen LogP contribution is -2.19. The summed E-state index contributed by atoms with van der Waals surface area (Å²) < 4.78 is 6.44. The van der Waals surface area contributed by atoms with Gasteiger partial charge in [-0.05, 0) is 68.6 Å². The lowest BCUT2D eigenvalue weighted by atomic mass is 9.90. The van der Waals surface area contributed by atoms with Crippen molar-refractivity contribution in [3.63, 3.8) is 0 Å². The van der Waals surface area contributed by atoms with E-state index in [0.717, 1.165) is 35.0 Å². The molecular weight excluding hydrogens is 534 g/mol. The van der Waals surface area contributed by atoms with Crippen molar-refractivity contribution in [2.75, 3.05) is 4.90 Å². The molecular formula is C42H29NO. The normalized spacial score (nSPS) is 15.4. The number of fused-ring (bicyclic) bond motifs is 8. The average molecular weight is 564 g/mol. The molecule has 0 aromatic heterocycles. The van der Waals surface area contributed by atoms with E-state index in [2.05, 4.69) is 163 Å². The topological polar surface area (TPSA) is 12.5 Å². The Kier molecular flexibility index (Phi) is 5.67. The Morgan fingerprint density at radius 1 is 0.568 bits per heavy atom. The molecule has 0 saturated heterocycles. The van der Waals surface area contributed by atoms with E-state index in [9.17, 15) is 0 Å². The van der Waals surface area contributed by atoms with E-state index < -0.39 is 0 Å². The molecule has 7 aromatic rings. The van der Waals surface area contributed by atoms with Gasteiger partial charge in [-0.3, -0.25) is 0 Å². The molecule has 2 heteroatoms. The Labute approximate surface area is 256 Å². The number of benzene rings is 7. The van der Waals surface area contributed by atoms with E-state index in [1.54, 1.807) is 0 Å². The first kappa shape index (κ1) is 24.9. The van der Waals surface area contributed by atoms with Crippen LogP contribution in [-0.2, 0) is 0 Å². The minimum Gasteiger partial charge on any atom is -0.461 e. The minimum atomic E-state index is 0.259. The quantitative estimate of drug-likeness (QED) is 0.198. The smallest absolute Gasteiger partial charge is 0.130 e. The molecule has 0 radical (unpaired) electrons. The van der Waals surface area contributed by atoms with Gasteiger partial charge in [0.1, 0.15) is 11.5 Å². The highest BCUT2D eigenvalue weighted by molar-refractivity contribution is 6.17. The van der Waals surface area contributed by atoms with Crippen molar-refractivity contribution in [1.82, 2.24) is 0 Å². The molecule has 0 spiro atoms. The van der Waals surface area contributed by atoms with Crippen LogP contribution in [0.5, 0.6) is 5.75 Å². The van der Waals surface area contributed by atoms with Gasteiger partial charge in [0.25, 0.3) is 0 Å². The molecule has 9 rings (SSSR count). The van der Waals surface area contributed by atoms with Crippen LogP contribution in [0, 0.1) is 0 Å². The second-order valence-electron chi connectivity index (χ2n) is 11.7. The average Bonchev–Trinajstić information content (AvgIpc) is 3.47. The second-order valence-corrected chi connectivity index (χ2v) is 11.7. The zero-order valence-corrected chi connectivity index (χ0v) is 24.2. The van der Waals surface area contributed by atoms with E-state index in [-0.39, 0.29) is 5.92 Å². The van der Waals surface area contributed by atoms with Crippen molar-refractivity contribution in [3.8, 4) is 16.9 Å². The molecule has 0 N–H and O–H groups in total. The van der Waals surface area contributed by atoms with E-state index in [1.807, 2.05) is 0 Å². The Morgan fingerprint density at radius 3 is 2.18 bits per heavy atom. The number of hydrogen-bond donors (Lipinski definition) is 0. The van der Waals surface area contributed by atoms with Crippen molar-refractivity contribution >= 4 is 43.7 Å². The van der Waals surface area contributed by atoms with Crippen molar-refractivity contribution in [2.24, 2.45) is 0 Å². The largest absolute Gasteiger partial charge is 0.461 e. The minimum absolute atomic E-state index is 0.259. The predicted octanol–water partition coefficient (Wildman–Crippen LogP) is 11.3. The van der Waals surface area contributed by atoms with Gasteiger partial charge >= 0.3 is 0 Å². The summed E-state index contributed by atoms with van der Waals surface area (Å²) >= 11 is 0. The summed E-state index contributed by atoms with van der Waals surface area (Å²) in [6.45, 7) is 0. The van der Waals surface area contributed by atoms with Crippen molar-refractivity contribution in [2.45, 2.75) is 12.3 Å². The molecule has 1 atom stereocenters. The molecule has 0 saturated carbocycles. The first-order valence-electron chi connectivity index (χ1n) is 15.3. The maximum atomic E-state index is 6.44. The van der Waals surface area contributed by atoms with Gasteiger partial charge in [0, 0.05) is 34.5 Å². The van der Waals surface area contributed by atoms with Crippen LogP contribution in [-0.4, -0.2) is 0 Å². The Balaban J connectivity index is 1.26. The van der Waals surface area contributed by atoms with Gasteiger partial charge < -0.3 is 9.64 Å². The fourth-order valence-corrected chi connectivity index (χ4v) is 7.09. The summed E-state index contributed by atoms with van der Waals surface area (Å²) in [6.07, 6.45) is 5.52. The molecule has 1 aliphatic carbocycles. The Morgan fingerprint density at radius 2 is 1.27 bits per heavy atom. The molecule has 1 aliphatic heterocycles. The number of ether oxygens (including phenoxy) is 1. The highest BCUT2D eigenvalue weighted by Crippen LogP contribution is 2.48. The van der Waals surface area contributed by atoms with Crippen molar-refractivity contribution in [3.05, 3.63) is 175 Å². The third-order valence-electron chi connectivity index (χ3n) is 9.19. The van der Waals surface area contributed by atoms with E-state index >= 15 is 0 Å². The zero-order chi connectivity index (χ0) is 29.0. The van der Waals surface area contributed by atoms with Gasteiger partial charge in [-0.2, -0.15) is 0 Å². The molecule has 2 nitrogen and oxygen atoms in total. The third-order valence-corrected chi connectivity index (χ3v) is 9.19. The van der Waals surface area contributed by atoms with Gasteiger partial charge in [0.05, 0.1) is 5.69 Å². The van der Waals surface area contributed by atoms with Crippen molar-refractivity contribution in [1.29, 1.82) is 0 Å². The van der Waals surface area contributed by atoms with Gasteiger partial charge in [0.15, 0.2) is 0 Å². The lowest BCUT2D eigenvalue weighted by Gasteiger charge is -2.31. The maximum Gasteiger partial charge on any atom is 0.130 e. The van der Waals surface area contributed by atoms with Crippen LogP contribution >= 0.6 is 0 Å². The van der Waals surface area contributed by atoms with E-state index in [4.69, 9.17) is 4.74 Å². The van der Waals surface area contributed by atoms with Crippen LogP contribution in [0.3, 0.4) is 0 Å². The molecule has 1 heterocycles. The van der Waals surface area contributed by atoms with Crippen LogP contribution in [0.2, 0.25) is 0 Å². The van der Waals surface area contributed by atoms with Crippen LogP contribution in [0.1, 0.15) is 17.9 Å². The Bertz CT molecular complexity index is 2300. The molecule has 208 valence electrons. The first-order valence-corrected chi connectivity index (χ1v) is 15.3. The summed E-state index contributed by atoms with van der Waals surface area (Å²) in [4.78, 5) is 2.41. The number of para-hydroxylation sites is 2. The van der Waals surface area contributed by atoms with Crippen LogP contribution < -0.4 is 9.64 Å². The highest BCUT2D eigenvalue weighted by Gasteiger charge is 2.32. The fraction of sp³-hybridized carbons (Fsp3) is 0.0476. The van der Waals surface area contributed by atoms with E-state index in [0.29, 0.717) is 0 Å². The van der Waals surface area contributed by atoms with Crippen LogP contribution in [0.15, 0.2) is 169 Å². The monoisotopic (exact) mass is 563 g/mol. The molecule has 7 aromatic carbocycles. The standard InChI is InChI=1S/C42H29NO/c1-2-10-28(11-3-1)34-14-6-8-16-40(34)43(32-22-25-38-37-15-7-9-17-41(37)44-42(38)27-32)31-21-18-30-20-23-35-33-13-5-4-12-29(33)19-24-36(35)39(30)26-31/h1-24,26-27,38H,25H2.